The maximum Gasteiger partial charge on any atom is 0.324 e. The molecule has 2 aromatic carbocycles. The number of aromatic amines is 1. The highest BCUT2D eigenvalue weighted by molar-refractivity contribution is 6.05. The predicted molar refractivity (Wildman–Crippen MR) is 81.4 cm³/mol. The van der Waals surface area contributed by atoms with E-state index in [-0.39, 0.29) is 11.4 Å². The van der Waals surface area contributed by atoms with E-state index in [1.807, 2.05) is 42.5 Å². The fourth-order valence-electron chi connectivity index (χ4n) is 2.02. The van der Waals surface area contributed by atoms with Crippen LogP contribution in [0.15, 0.2) is 59.4 Å². The molecule has 21 heavy (non-hydrogen) atoms. The van der Waals surface area contributed by atoms with E-state index < -0.39 is 6.03 Å². The molecule has 0 aliphatic carbocycles. The van der Waals surface area contributed by atoms with Crippen molar-refractivity contribution in [2.24, 2.45) is 0 Å². The molecule has 6 nitrogen and oxygen atoms in total. The van der Waals surface area contributed by atoms with Crippen LogP contribution in [0.4, 0.5) is 16.3 Å². The zero-order valence-electron chi connectivity index (χ0n) is 11.0. The number of fused-ring (bicyclic) bond motifs is 1. The molecule has 0 aliphatic rings. The first-order chi connectivity index (χ1) is 10.2. The largest absolute Gasteiger partial charge is 0.324 e. The number of nitrogens with one attached hydrogen (secondary N) is 3. The molecule has 0 saturated carbocycles. The number of hydrogen-bond acceptors (Lipinski definition) is 3. The first kappa shape index (κ1) is 12.9. The van der Waals surface area contributed by atoms with Crippen LogP contribution in [0.2, 0.25) is 0 Å². The Morgan fingerprint density at radius 2 is 1.76 bits per heavy atom. The van der Waals surface area contributed by atoms with Crippen LogP contribution in [0.25, 0.3) is 10.8 Å². The first-order valence-electron chi connectivity index (χ1n) is 6.34. The summed E-state index contributed by atoms with van der Waals surface area (Å²) >= 11 is 0. The van der Waals surface area contributed by atoms with Crippen molar-refractivity contribution in [1.82, 2.24) is 10.2 Å². The average molecular weight is 280 g/mol. The molecular formula is C15H12N4O2. The van der Waals surface area contributed by atoms with Gasteiger partial charge < -0.3 is 5.32 Å². The number of urea groups is 1. The van der Waals surface area contributed by atoms with Crippen molar-refractivity contribution in [1.29, 1.82) is 0 Å². The summed E-state index contributed by atoms with van der Waals surface area (Å²) in [5.41, 5.74) is 0.380. The van der Waals surface area contributed by atoms with Crippen LogP contribution in [0.1, 0.15) is 0 Å². The van der Waals surface area contributed by atoms with Gasteiger partial charge in [-0.2, -0.15) is 5.10 Å². The maximum absolute atomic E-state index is 12.0. The van der Waals surface area contributed by atoms with E-state index in [0.717, 1.165) is 10.8 Å². The summed E-state index contributed by atoms with van der Waals surface area (Å²) in [7, 11) is 0. The number of hydrogen-bond donors (Lipinski definition) is 3. The number of H-pyrrole nitrogens is 1. The number of anilines is 2. The third-order valence-corrected chi connectivity index (χ3v) is 2.96. The van der Waals surface area contributed by atoms with Gasteiger partial charge in [0.05, 0.1) is 5.69 Å². The van der Waals surface area contributed by atoms with Gasteiger partial charge in [0.25, 0.3) is 5.56 Å². The van der Waals surface area contributed by atoms with E-state index in [0.29, 0.717) is 5.69 Å². The predicted octanol–water partition coefficient (Wildman–Crippen LogP) is 2.57. The minimum atomic E-state index is -0.425. The van der Waals surface area contributed by atoms with Crippen LogP contribution >= 0.6 is 0 Å². The van der Waals surface area contributed by atoms with Crippen LogP contribution in [0, 0.1) is 0 Å². The number of aromatic nitrogens is 2. The Morgan fingerprint density at radius 3 is 2.57 bits per heavy atom. The molecule has 0 spiro atoms. The van der Waals surface area contributed by atoms with Crippen LogP contribution in [0.3, 0.4) is 0 Å². The van der Waals surface area contributed by atoms with Crippen molar-refractivity contribution in [3.63, 3.8) is 0 Å². The summed E-state index contributed by atoms with van der Waals surface area (Å²) in [6.45, 7) is 0. The Labute approximate surface area is 119 Å². The molecule has 0 fully saturated rings. The zero-order chi connectivity index (χ0) is 14.7. The van der Waals surface area contributed by atoms with Crippen molar-refractivity contribution in [2.75, 3.05) is 10.6 Å². The summed E-state index contributed by atoms with van der Waals surface area (Å²) in [6.07, 6.45) is 0. The second-order valence-corrected chi connectivity index (χ2v) is 4.41. The summed E-state index contributed by atoms with van der Waals surface area (Å²) < 4.78 is 0. The van der Waals surface area contributed by atoms with Crippen molar-refractivity contribution in [2.45, 2.75) is 0 Å². The molecule has 104 valence electrons. The molecule has 0 atom stereocenters. The molecule has 1 aromatic heterocycles. The van der Waals surface area contributed by atoms with Crippen molar-refractivity contribution < 1.29 is 4.79 Å². The molecule has 0 aliphatic heterocycles. The summed E-state index contributed by atoms with van der Waals surface area (Å²) in [6, 6.07) is 15.7. The minimum Gasteiger partial charge on any atom is -0.307 e. The molecule has 0 bridgehead atoms. The van der Waals surface area contributed by atoms with Crippen LogP contribution in [-0.4, -0.2) is 16.2 Å². The van der Waals surface area contributed by atoms with Crippen LogP contribution in [-0.2, 0) is 0 Å². The lowest BCUT2D eigenvalue weighted by atomic mass is 10.1. The van der Waals surface area contributed by atoms with E-state index in [1.165, 1.54) is 12.1 Å². The Bertz CT molecular complexity index is 832. The Morgan fingerprint density at radius 1 is 0.952 bits per heavy atom. The van der Waals surface area contributed by atoms with Gasteiger partial charge in [-0.1, -0.05) is 36.4 Å². The average Bonchev–Trinajstić information content (AvgIpc) is 2.50. The fraction of sp³-hybridized carbons (Fsp3) is 0. The van der Waals surface area contributed by atoms with Gasteiger partial charge in [0.15, 0.2) is 5.82 Å². The maximum atomic E-state index is 12.0. The van der Waals surface area contributed by atoms with E-state index >= 15 is 0 Å². The highest BCUT2D eigenvalue weighted by atomic mass is 16.2. The van der Waals surface area contributed by atoms with Gasteiger partial charge in [0, 0.05) is 11.5 Å². The normalized spacial score (nSPS) is 10.3. The Hall–Kier alpha value is -3.15. The third-order valence-electron chi connectivity index (χ3n) is 2.96. The van der Waals surface area contributed by atoms with Crippen molar-refractivity contribution in [3.8, 4) is 0 Å². The van der Waals surface area contributed by atoms with Gasteiger partial charge in [0.2, 0.25) is 0 Å². The molecule has 0 unspecified atom stereocenters. The van der Waals surface area contributed by atoms with Gasteiger partial charge >= 0.3 is 6.03 Å². The number of carbonyl (C=O) groups excluding carboxylic acids is 1. The summed E-state index contributed by atoms with van der Waals surface area (Å²) in [5, 5.41) is 13.3. The molecule has 3 aromatic rings. The third kappa shape index (κ3) is 2.89. The standard InChI is InChI=1S/C15H12N4O2/c20-14-9-8-13(18-19-14)17-15(21)16-12-7-3-5-10-4-1-2-6-11(10)12/h1-9H,(H,19,20)(H2,16,17,18,21). The zero-order valence-corrected chi connectivity index (χ0v) is 11.0. The Kier molecular flexibility index (Phi) is 3.34. The molecule has 1 heterocycles. The molecule has 0 radical (unpaired) electrons. The van der Waals surface area contributed by atoms with Crippen LogP contribution in [0.5, 0.6) is 0 Å². The van der Waals surface area contributed by atoms with Gasteiger partial charge in [-0.3, -0.25) is 10.1 Å². The van der Waals surface area contributed by atoms with E-state index in [2.05, 4.69) is 20.8 Å². The second kappa shape index (κ2) is 5.46. The highest BCUT2D eigenvalue weighted by Crippen LogP contribution is 2.22. The SMILES string of the molecule is O=C(Nc1ccc(=O)[nH]n1)Nc1cccc2ccccc12. The molecule has 2 amide bonds. The molecule has 3 N–H and O–H groups in total. The van der Waals surface area contributed by atoms with E-state index in [1.54, 1.807) is 0 Å². The highest BCUT2D eigenvalue weighted by Gasteiger charge is 2.06. The smallest absolute Gasteiger partial charge is 0.307 e. The lowest BCUT2D eigenvalue weighted by Crippen LogP contribution is -2.21. The topological polar surface area (TPSA) is 86.9 Å². The number of nitrogens with zero attached hydrogens (tertiary/aromatic N) is 1. The summed E-state index contributed by atoms with van der Waals surface area (Å²) in [5.74, 6) is 0.271. The number of carbonyl (C=O) groups is 1. The molecular weight excluding hydrogens is 268 g/mol. The lowest BCUT2D eigenvalue weighted by molar-refractivity contribution is 0.262. The number of benzene rings is 2. The van der Waals surface area contributed by atoms with E-state index in [4.69, 9.17) is 0 Å². The quantitative estimate of drug-likeness (QED) is 0.674. The molecule has 0 saturated heterocycles. The van der Waals surface area contributed by atoms with Gasteiger partial charge in [-0.15, -0.1) is 0 Å². The molecule has 6 heteroatoms. The Balaban J connectivity index is 1.80. The van der Waals surface area contributed by atoms with Crippen LogP contribution < -0.4 is 16.2 Å². The first-order valence-corrected chi connectivity index (χ1v) is 6.34. The minimum absolute atomic E-state index is 0.271. The number of rotatable bonds is 2. The van der Waals surface area contributed by atoms with Gasteiger partial charge in [-0.05, 0) is 17.5 Å². The fourth-order valence-corrected chi connectivity index (χ4v) is 2.02. The van der Waals surface area contributed by atoms with E-state index in [9.17, 15) is 9.59 Å². The summed E-state index contributed by atoms with van der Waals surface area (Å²) in [4.78, 5) is 22.9. The monoisotopic (exact) mass is 280 g/mol. The van der Waals surface area contributed by atoms with Gasteiger partial charge in [0.1, 0.15) is 0 Å². The lowest BCUT2D eigenvalue weighted by Gasteiger charge is -2.09. The second-order valence-electron chi connectivity index (χ2n) is 4.41. The molecule has 3 rings (SSSR count). The van der Waals surface area contributed by atoms with Gasteiger partial charge in [-0.25, -0.2) is 9.89 Å². The van der Waals surface area contributed by atoms with Crippen molar-refractivity contribution in [3.05, 3.63) is 65.0 Å². The van der Waals surface area contributed by atoms with Crippen molar-refractivity contribution >= 4 is 28.3 Å². The number of amides is 2.